The van der Waals surface area contributed by atoms with Gasteiger partial charge in [-0.1, -0.05) is 44.2 Å². The predicted molar refractivity (Wildman–Crippen MR) is 120 cm³/mol. The first-order chi connectivity index (χ1) is 13.5. The van der Waals surface area contributed by atoms with E-state index in [4.69, 9.17) is 0 Å². The number of piperazine rings is 1. The van der Waals surface area contributed by atoms with Gasteiger partial charge in [-0.25, -0.2) is 0 Å². The average molecular weight is 388 g/mol. The third kappa shape index (κ3) is 9.20. The maximum atomic E-state index is 10.9. The Labute approximate surface area is 172 Å². The van der Waals surface area contributed by atoms with Crippen LogP contribution in [-0.4, -0.2) is 62.4 Å². The van der Waals surface area contributed by atoms with Crippen LogP contribution in [-0.2, 0) is 11.3 Å². The summed E-state index contributed by atoms with van der Waals surface area (Å²) in [5.74, 6) is 0.331. The van der Waals surface area contributed by atoms with E-state index in [2.05, 4.69) is 53.1 Å². The molecule has 4 heteroatoms. The van der Waals surface area contributed by atoms with Crippen molar-refractivity contribution in [2.24, 2.45) is 0 Å². The fraction of sp³-hybridized carbons (Fsp3) is 0.708. The molecule has 158 valence electrons. The molecule has 1 heterocycles. The zero-order valence-electron chi connectivity index (χ0n) is 18.5. The number of hydrogen-bond donors (Lipinski definition) is 0. The first kappa shape index (κ1) is 22.9. The van der Waals surface area contributed by atoms with Gasteiger partial charge in [0.05, 0.1) is 0 Å². The summed E-state index contributed by atoms with van der Waals surface area (Å²) in [4.78, 5) is 18.2. The molecule has 0 N–H and O–H groups in total. The van der Waals surface area contributed by atoms with Gasteiger partial charge in [-0.05, 0) is 58.1 Å². The molecule has 1 aliphatic heterocycles. The Morgan fingerprint density at radius 1 is 0.893 bits per heavy atom. The maximum absolute atomic E-state index is 10.9. The number of likely N-dealkylation sites (N-methyl/N-ethyl adjacent to an activating group) is 1. The molecule has 0 amide bonds. The second-order valence-electron chi connectivity index (χ2n) is 8.62. The van der Waals surface area contributed by atoms with Crippen LogP contribution < -0.4 is 4.90 Å². The number of carbonyl (C=O) groups is 1. The zero-order valence-corrected chi connectivity index (χ0v) is 18.5. The SMILES string of the molecule is CC(=O)CCCCCCCCCN(C)Cc1ccc(N2CCN(C)CC2)cc1. The van der Waals surface area contributed by atoms with Gasteiger partial charge in [-0.2, -0.15) is 0 Å². The highest BCUT2D eigenvalue weighted by molar-refractivity contribution is 5.75. The number of carbonyl (C=O) groups excluding carboxylic acids is 1. The number of unbranched alkanes of at least 4 members (excludes halogenated alkanes) is 6. The molecule has 0 unspecified atom stereocenters. The van der Waals surface area contributed by atoms with E-state index in [1.54, 1.807) is 6.92 Å². The van der Waals surface area contributed by atoms with Crippen LogP contribution in [0.15, 0.2) is 24.3 Å². The lowest BCUT2D eigenvalue weighted by Crippen LogP contribution is -2.44. The minimum absolute atomic E-state index is 0.331. The Hall–Kier alpha value is -1.39. The van der Waals surface area contributed by atoms with Crippen LogP contribution in [0.25, 0.3) is 0 Å². The molecule has 2 rings (SSSR count). The van der Waals surface area contributed by atoms with E-state index in [9.17, 15) is 4.79 Å². The summed E-state index contributed by atoms with van der Waals surface area (Å²) in [5, 5.41) is 0. The highest BCUT2D eigenvalue weighted by Crippen LogP contribution is 2.18. The van der Waals surface area contributed by atoms with Crippen molar-refractivity contribution in [1.29, 1.82) is 0 Å². The Morgan fingerprint density at radius 2 is 1.46 bits per heavy atom. The second kappa shape index (κ2) is 12.9. The van der Waals surface area contributed by atoms with E-state index >= 15 is 0 Å². The Morgan fingerprint density at radius 3 is 2.07 bits per heavy atom. The third-order valence-corrected chi connectivity index (χ3v) is 5.83. The van der Waals surface area contributed by atoms with Crippen molar-refractivity contribution in [1.82, 2.24) is 9.80 Å². The molecule has 0 aliphatic carbocycles. The van der Waals surface area contributed by atoms with Crippen LogP contribution >= 0.6 is 0 Å². The zero-order chi connectivity index (χ0) is 20.2. The smallest absolute Gasteiger partial charge is 0.129 e. The summed E-state index contributed by atoms with van der Waals surface area (Å²) in [5.41, 5.74) is 2.77. The van der Waals surface area contributed by atoms with Crippen LogP contribution in [0.4, 0.5) is 5.69 Å². The first-order valence-corrected chi connectivity index (χ1v) is 11.2. The molecule has 1 saturated heterocycles. The average Bonchev–Trinajstić information content (AvgIpc) is 2.68. The van der Waals surface area contributed by atoms with Crippen LogP contribution in [0.2, 0.25) is 0 Å². The molecular weight excluding hydrogens is 346 g/mol. The Bertz CT molecular complexity index is 549. The largest absolute Gasteiger partial charge is 0.369 e. The number of ketones is 1. The number of hydrogen-bond acceptors (Lipinski definition) is 4. The lowest BCUT2D eigenvalue weighted by Gasteiger charge is -2.34. The summed E-state index contributed by atoms with van der Waals surface area (Å²) in [6.07, 6.45) is 9.57. The molecule has 0 saturated carbocycles. The van der Waals surface area contributed by atoms with Crippen molar-refractivity contribution in [3.05, 3.63) is 29.8 Å². The van der Waals surface area contributed by atoms with Crippen LogP contribution in [0, 0.1) is 0 Å². The molecule has 0 radical (unpaired) electrons. The van der Waals surface area contributed by atoms with E-state index in [1.807, 2.05) is 0 Å². The topological polar surface area (TPSA) is 26.8 Å². The monoisotopic (exact) mass is 387 g/mol. The molecule has 4 nitrogen and oxygen atoms in total. The normalized spacial score (nSPS) is 15.4. The maximum Gasteiger partial charge on any atom is 0.129 e. The van der Waals surface area contributed by atoms with E-state index in [0.717, 1.165) is 45.6 Å². The van der Waals surface area contributed by atoms with Crippen molar-refractivity contribution < 1.29 is 4.79 Å². The predicted octanol–water partition coefficient (Wildman–Crippen LogP) is 4.58. The molecule has 28 heavy (non-hydrogen) atoms. The Balaban J connectivity index is 1.54. The highest BCUT2D eigenvalue weighted by atomic mass is 16.1. The molecule has 1 fully saturated rings. The minimum Gasteiger partial charge on any atom is -0.369 e. The molecular formula is C24H41N3O. The van der Waals surface area contributed by atoms with Crippen molar-refractivity contribution in [3.8, 4) is 0 Å². The molecule has 0 spiro atoms. The number of Topliss-reactive ketones (excluding diaryl/α,β-unsaturated/α-hetero) is 1. The molecule has 1 aromatic rings. The van der Waals surface area contributed by atoms with E-state index in [1.165, 1.54) is 56.3 Å². The molecule has 0 aromatic heterocycles. The van der Waals surface area contributed by atoms with Crippen molar-refractivity contribution in [2.75, 3.05) is 51.7 Å². The number of nitrogens with zero attached hydrogens (tertiary/aromatic N) is 3. The summed E-state index contributed by atoms with van der Waals surface area (Å²) >= 11 is 0. The first-order valence-electron chi connectivity index (χ1n) is 11.2. The quantitative estimate of drug-likeness (QED) is 0.463. The van der Waals surface area contributed by atoms with E-state index in [-0.39, 0.29) is 0 Å². The van der Waals surface area contributed by atoms with E-state index in [0.29, 0.717) is 5.78 Å². The van der Waals surface area contributed by atoms with Gasteiger partial charge in [0, 0.05) is 44.8 Å². The lowest BCUT2D eigenvalue weighted by atomic mass is 10.1. The van der Waals surface area contributed by atoms with Gasteiger partial charge in [0.15, 0.2) is 0 Å². The fourth-order valence-corrected chi connectivity index (χ4v) is 3.91. The number of benzene rings is 1. The standard InChI is InChI=1S/C24H41N3O/c1-22(28)11-9-7-5-4-6-8-10-16-26(3)21-23-12-14-24(15-13-23)27-19-17-25(2)18-20-27/h12-15H,4-11,16-21H2,1-3H3. The van der Waals surface area contributed by atoms with Gasteiger partial charge in [0.2, 0.25) is 0 Å². The molecule has 0 atom stereocenters. The van der Waals surface area contributed by atoms with Gasteiger partial charge in [0.1, 0.15) is 5.78 Å². The van der Waals surface area contributed by atoms with Gasteiger partial charge < -0.3 is 19.5 Å². The van der Waals surface area contributed by atoms with Gasteiger partial charge in [-0.15, -0.1) is 0 Å². The summed E-state index contributed by atoms with van der Waals surface area (Å²) in [7, 11) is 4.43. The summed E-state index contributed by atoms with van der Waals surface area (Å²) in [6, 6.07) is 9.18. The fourth-order valence-electron chi connectivity index (χ4n) is 3.91. The van der Waals surface area contributed by atoms with Crippen molar-refractivity contribution in [2.45, 2.75) is 64.8 Å². The lowest BCUT2D eigenvalue weighted by molar-refractivity contribution is -0.117. The summed E-state index contributed by atoms with van der Waals surface area (Å²) < 4.78 is 0. The summed E-state index contributed by atoms with van der Waals surface area (Å²) in [6.45, 7) is 8.47. The van der Waals surface area contributed by atoms with Crippen molar-refractivity contribution >= 4 is 11.5 Å². The highest BCUT2D eigenvalue weighted by Gasteiger charge is 2.14. The number of rotatable bonds is 13. The molecule has 1 aliphatic rings. The molecule has 1 aromatic carbocycles. The van der Waals surface area contributed by atoms with Gasteiger partial charge >= 0.3 is 0 Å². The minimum atomic E-state index is 0.331. The second-order valence-corrected chi connectivity index (χ2v) is 8.62. The third-order valence-electron chi connectivity index (χ3n) is 5.83. The van der Waals surface area contributed by atoms with E-state index < -0.39 is 0 Å². The Kier molecular flexibility index (Phi) is 10.6. The number of anilines is 1. The van der Waals surface area contributed by atoms with Crippen molar-refractivity contribution in [3.63, 3.8) is 0 Å². The molecule has 0 bridgehead atoms. The van der Waals surface area contributed by atoms with Gasteiger partial charge in [-0.3, -0.25) is 0 Å². The van der Waals surface area contributed by atoms with Gasteiger partial charge in [0.25, 0.3) is 0 Å². The van der Waals surface area contributed by atoms with Crippen LogP contribution in [0.1, 0.15) is 63.9 Å². The van der Waals surface area contributed by atoms with Crippen LogP contribution in [0.3, 0.4) is 0 Å². The van der Waals surface area contributed by atoms with Crippen LogP contribution in [0.5, 0.6) is 0 Å².